The molecule has 4 heteroatoms. The van der Waals surface area contributed by atoms with E-state index in [0.29, 0.717) is 11.5 Å². The number of hydrogen-bond acceptors (Lipinski definition) is 4. The van der Waals surface area contributed by atoms with Crippen LogP contribution in [0.5, 0.6) is 0 Å². The molecule has 1 aliphatic heterocycles. The van der Waals surface area contributed by atoms with Crippen molar-refractivity contribution in [3.63, 3.8) is 0 Å². The maximum atomic E-state index is 5.46. The molecule has 1 rings (SSSR count). The lowest BCUT2D eigenvalue weighted by Gasteiger charge is -2.40. The average molecular weight is 263 g/mol. The summed E-state index contributed by atoms with van der Waals surface area (Å²) in [5, 5.41) is 0. The van der Waals surface area contributed by atoms with Gasteiger partial charge >= 0.3 is 0 Å². The van der Waals surface area contributed by atoms with Gasteiger partial charge in [-0.3, -0.25) is 0 Å². The zero-order valence-electron chi connectivity index (χ0n) is 10.7. The van der Waals surface area contributed by atoms with Crippen LogP contribution < -0.4 is 0 Å². The largest absolute Gasteiger partial charge is 0.381 e. The number of thioether (sulfide) groups is 1. The molecule has 1 aliphatic rings. The summed E-state index contributed by atoms with van der Waals surface area (Å²) in [7, 11) is 2.24. The summed E-state index contributed by atoms with van der Waals surface area (Å²) in [5.41, 5.74) is 0.378. The smallest absolute Gasteiger partial charge is 0.0472 e. The number of nitrogens with zero attached hydrogens (tertiary/aromatic N) is 1. The second kappa shape index (κ2) is 7.14. The summed E-state index contributed by atoms with van der Waals surface area (Å²) in [6, 6.07) is 0.648. The van der Waals surface area contributed by atoms with Gasteiger partial charge in [0.1, 0.15) is 0 Å². The van der Waals surface area contributed by atoms with E-state index < -0.39 is 0 Å². The molecule has 0 aliphatic carbocycles. The van der Waals surface area contributed by atoms with Gasteiger partial charge in [-0.25, -0.2) is 0 Å². The fraction of sp³-hybridized carbons (Fsp3) is 1.00. The van der Waals surface area contributed by atoms with Crippen molar-refractivity contribution in [1.82, 2.24) is 4.90 Å². The van der Waals surface area contributed by atoms with E-state index in [-0.39, 0.29) is 0 Å². The van der Waals surface area contributed by atoms with Crippen LogP contribution in [0.3, 0.4) is 0 Å². The molecule has 16 heavy (non-hydrogen) atoms. The second-order valence-electron chi connectivity index (χ2n) is 4.99. The van der Waals surface area contributed by atoms with Gasteiger partial charge in [0.15, 0.2) is 0 Å². The molecule has 2 nitrogen and oxygen atoms in total. The molecule has 96 valence electrons. The lowest BCUT2D eigenvalue weighted by Crippen LogP contribution is -2.45. The summed E-state index contributed by atoms with van der Waals surface area (Å²) in [6.07, 6.45) is 4.49. The van der Waals surface area contributed by atoms with E-state index >= 15 is 0 Å². The van der Waals surface area contributed by atoms with Gasteiger partial charge in [-0.15, -0.1) is 0 Å². The molecule has 0 saturated carbocycles. The first-order valence-electron chi connectivity index (χ1n) is 6.01. The number of thiol groups is 1. The lowest BCUT2D eigenvalue weighted by molar-refractivity contribution is 0.00780. The summed E-state index contributed by atoms with van der Waals surface area (Å²) in [6.45, 7) is 5.28. The third-order valence-electron chi connectivity index (χ3n) is 3.63. The number of hydrogen-bond donors (Lipinski definition) is 1. The third kappa shape index (κ3) is 4.13. The van der Waals surface area contributed by atoms with Crippen molar-refractivity contribution in [3.05, 3.63) is 0 Å². The SMILES string of the molecule is CSCC(C)N(C)CC1(CS)CCOCC1. The van der Waals surface area contributed by atoms with Gasteiger partial charge in [0.25, 0.3) is 0 Å². The van der Waals surface area contributed by atoms with E-state index in [4.69, 9.17) is 4.74 Å². The van der Waals surface area contributed by atoms with E-state index in [0.717, 1.165) is 38.4 Å². The fourth-order valence-corrected chi connectivity index (χ4v) is 3.38. The van der Waals surface area contributed by atoms with Gasteiger partial charge in [0.05, 0.1) is 0 Å². The molecule has 0 aromatic rings. The van der Waals surface area contributed by atoms with E-state index in [1.807, 2.05) is 11.8 Å². The van der Waals surface area contributed by atoms with Crippen molar-refractivity contribution < 1.29 is 4.74 Å². The van der Waals surface area contributed by atoms with Gasteiger partial charge in [-0.1, -0.05) is 0 Å². The summed E-state index contributed by atoms with van der Waals surface area (Å²) >= 11 is 6.48. The van der Waals surface area contributed by atoms with Gasteiger partial charge in [0.2, 0.25) is 0 Å². The third-order valence-corrected chi connectivity index (χ3v) is 5.12. The van der Waals surface area contributed by atoms with Crippen LogP contribution in [0.2, 0.25) is 0 Å². The van der Waals surface area contributed by atoms with E-state index in [2.05, 4.69) is 37.8 Å². The highest BCUT2D eigenvalue weighted by molar-refractivity contribution is 7.98. The van der Waals surface area contributed by atoms with E-state index in [1.165, 1.54) is 5.75 Å². The molecule has 1 saturated heterocycles. The molecular formula is C12H25NOS2. The highest BCUT2D eigenvalue weighted by atomic mass is 32.2. The Morgan fingerprint density at radius 3 is 2.56 bits per heavy atom. The molecule has 1 heterocycles. The molecule has 0 radical (unpaired) electrons. The quantitative estimate of drug-likeness (QED) is 0.739. The highest BCUT2D eigenvalue weighted by Crippen LogP contribution is 2.33. The Bertz CT molecular complexity index is 195. The van der Waals surface area contributed by atoms with Crippen molar-refractivity contribution in [3.8, 4) is 0 Å². The molecule has 0 N–H and O–H groups in total. The monoisotopic (exact) mass is 263 g/mol. The van der Waals surface area contributed by atoms with E-state index in [1.54, 1.807) is 0 Å². The van der Waals surface area contributed by atoms with Crippen LogP contribution in [0.1, 0.15) is 19.8 Å². The minimum absolute atomic E-state index is 0.378. The van der Waals surface area contributed by atoms with Crippen LogP contribution in [-0.4, -0.2) is 55.5 Å². The lowest BCUT2D eigenvalue weighted by atomic mass is 9.81. The second-order valence-corrected chi connectivity index (χ2v) is 6.22. The Labute approximate surface area is 110 Å². The summed E-state index contributed by atoms with van der Waals surface area (Å²) in [4.78, 5) is 2.48. The van der Waals surface area contributed by atoms with Crippen molar-refractivity contribution in [2.45, 2.75) is 25.8 Å². The minimum Gasteiger partial charge on any atom is -0.381 e. The molecule has 1 fully saturated rings. The molecule has 0 spiro atoms. The molecule has 1 unspecified atom stereocenters. The molecule has 1 atom stereocenters. The highest BCUT2D eigenvalue weighted by Gasteiger charge is 2.33. The Hall–Kier alpha value is 0.620. The van der Waals surface area contributed by atoms with Crippen molar-refractivity contribution >= 4 is 24.4 Å². The van der Waals surface area contributed by atoms with Gasteiger partial charge in [-0.05, 0) is 44.2 Å². The Morgan fingerprint density at radius 1 is 1.44 bits per heavy atom. The first-order valence-corrected chi connectivity index (χ1v) is 8.04. The first-order chi connectivity index (χ1) is 7.63. The van der Waals surface area contributed by atoms with Gasteiger partial charge in [0, 0.05) is 31.6 Å². The predicted octanol–water partition coefficient (Wildman–Crippen LogP) is 2.40. The molecule has 0 aromatic carbocycles. The normalized spacial score (nSPS) is 22.3. The Balaban J connectivity index is 2.48. The van der Waals surface area contributed by atoms with Gasteiger partial charge < -0.3 is 9.64 Å². The number of rotatable bonds is 6. The van der Waals surface area contributed by atoms with Crippen LogP contribution in [0.25, 0.3) is 0 Å². The van der Waals surface area contributed by atoms with E-state index in [9.17, 15) is 0 Å². The number of ether oxygens (including phenoxy) is 1. The van der Waals surface area contributed by atoms with Crippen LogP contribution in [0.15, 0.2) is 0 Å². The first kappa shape index (κ1) is 14.7. The average Bonchev–Trinajstić information content (AvgIpc) is 2.30. The predicted molar refractivity (Wildman–Crippen MR) is 76.8 cm³/mol. The van der Waals surface area contributed by atoms with Crippen LogP contribution in [0.4, 0.5) is 0 Å². The zero-order valence-corrected chi connectivity index (χ0v) is 12.4. The maximum absolute atomic E-state index is 5.46. The fourth-order valence-electron chi connectivity index (χ4n) is 2.22. The maximum Gasteiger partial charge on any atom is 0.0472 e. The summed E-state index contributed by atoms with van der Waals surface area (Å²) in [5.74, 6) is 2.18. The van der Waals surface area contributed by atoms with Crippen LogP contribution in [0, 0.1) is 5.41 Å². The van der Waals surface area contributed by atoms with Crippen molar-refractivity contribution in [2.24, 2.45) is 5.41 Å². The van der Waals surface area contributed by atoms with Crippen molar-refractivity contribution in [1.29, 1.82) is 0 Å². The molecular weight excluding hydrogens is 238 g/mol. The Kier molecular flexibility index (Phi) is 6.55. The zero-order chi connectivity index (χ0) is 12.0. The van der Waals surface area contributed by atoms with Gasteiger partial charge in [-0.2, -0.15) is 24.4 Å². The van der Waals surface area contributed by atoms with Crippen LogP contribution >= 0.6 is 24.4 Å². The van der Waals surface area contributed by atoms with Crippen LogP contribution in [-0.2, 0) is 4.74 Å². The van der Waals surface area contributed by atoms with Crippen molar-refractivity contribution in [2.75, 3.05) is 44.6 Å². The molecule has 0 aromatic heterocycles. The Morgan fingerprint density at radius 2 is 2.06 bits per heavy atom. The molecule has 0 bridgehead atoms. The molecule has 0 amide bonds. The standard InChI is InChI=1S/C12H25NOS2/c1-11(8-16-3)13(2)9-12(10-15)4-6-14-7-5-12/h11,15H,4-10H2,1-3H3. The minimum atomic E-state index is 0.378. The summed E-state index contributed by atoms with van der Waals surface area (Å²) < 4.78 is 5.46. The topological polar surface area (TPSA) is 12.5 Å².